The average molecular weight is 849 g/mol. The van der Waals surface area contributed by atoms with Gasteiger partial charge in [-0.25, -0.2) is 9.78 Å². The summed E-state index contributed by atoms with van der Waals surface area (Å²) in [6.07, 6.45) is 2.50. The topological polar surface area (TPSA) is 285 Å². The minimum Gasteiger partial charge on any atom is -0.447 e. The molecule has 1 aliphatic rings. The van der Waals surface area contributed by atoms with E-state index >= 15 is 0 Å². The molecule has 1 aromatic heterocycles. The molecule has 7 N–H and O–H groups in total. The number of nitrogens with one attached hydrogen (secondary N) is 3. The van der Waals surface area contributed by atoms with Crippen LogP contribution in [-0.4, -0.2) is 105 Å². The Hall–Kier alpha value is -4.56. The van der Waals surface area contributed by atoms with Crippen LogP contribution >= 0.6 is 15.2 Å². The number of hydrogen-bond donors (Lipinski definition) is 7. The van der Waals surface area contributed by atoms with Crippen molar-refractivity contribution < 1.29 is 66.7 Å². The first-order valence-electron chi connectivity index (χ1n) is 17.9. The van der Waals surface area contributed by atoms with E-state index in [1.165, 1.54) is 30.5 Å². The van der Waals surface area contributed by atoms with Crippen molar-refractivity contribution in [1.82, 2.24) is 25.9 Å². The molecule has 0 aliphatic carbocycles. The van der Waals surface area contributed by atoms with Gasteiger partial charge in [0.1, 0.15) is 18.3 Å². The molecular weight excluding hydrogens is 801 g/mol. The molecule has 0 radical (unpaired) electrons. The summed E-state index contributed by atoms with van der Waals surface area (Å²) in [6, 6.07) is 13.4. The molecule has 2 unspecified atom stereocenters. The summed E-state index contributed by atoms with van der Waals surface area (Å²) >= 11 is 0. The highest BCUT2D eigenvalue weighted by Crippen LogP contribution is 2.71. The van der Waals surface area contributed by atoms with Crippen molar-refractivity contribution in [2.75, 3.05) is 32.2 Å². The Morgan fingerprint density at radius 3 is 2.31 bits per heavy atom. The fourth-order valence-electron chi connectivity index (χ4n) is 5.78. The van der Waals surface area contributed by atoms with Crippen LogP contribution in [0.4, 0.5) is 10.5 Å². The maximum absolute atomic E-state index is 13.9. The van der Waals surface area contributed by atoms with Gasteiger partial charge in [0.15, 0.2) is 0 Å². The zero-order valence-corrected chi connectivity index (χ0v) is 34.0. The second-order valence-electron chi connectivity index (χ2n) is 13.7. The van der Waals surface area contributed by atoms with E-state index in [-0.39, 0.29) is 37.8 Å². The van der Waals surface area contributed by atoms with Crippen LogP contribution in [0, 0.1) is 5.92 Å². The molecular formula is C35H47BN6O14P2. The number of aromatic nitrogens is 2. The molecule has 314 valence electrons. The van der Waals surface area contributed by atoms with Crippen molar-refractivity contribution in [2.45, 2.75) is 63.4 Å². The third kappa shape index (κ3) is 12.2. The van der Waals surface area contributed by atoms with Crippen LogP contribution < -0.4 is 20.9 Å². The number of nitrogens with zero attached hydrogens (tertiary/aromatic N) is 3. The molecule has 2 aromatic carbocycles. The molecule has 0 bridgehead atoms. The highest BCUT2D eigenvalue weighted by atomic mass is 31.2. The Morgan fingerprint density at radius 2 is 1.69 bits per heavy atom. The zero-order chi connectivity index (χ0) is 42.7. The van der Waals surface area contributed by atoms with Gasteiger partial charge in [-0.15, -0.1) is 0 Å². The van der Waals surface area contributed by atoms with Crippen LogP contribution in [0.5, 0.6) is 0 Å². The standard InChI is InChI=1S/C35H47BN6O14P2/c1-23(2)16-30(41-32(44)28(17-24-8-6-5-7-9-24)40-33(45)29-20-37-12-13-38-29)36-55-21-25-10-11-27(18-26(25)22-56-36)42(3)34(46)54-15-14-39-31(43)19-35(47,57(48,49)50)58(51,52)53-4/h5-13,18,20,23,28,30,47H,14-17,19,21-22H2,1-4H3,(H,39,43)(H,40,45)(H,41,44)(H,51,52)(H2,48,49,50)/t28-,30-,35?/m0/s1. The van der Waals surface area contributed by atoms with Crippen molar-refractivity contribution in [2.24, 2.45) is 5.92 Å². The lowest BCUT2D eigenvalue weighted by Gasteiger charge is -2.30. The Balaban J connectivity index is 1.37. The van der Waals surface area contributed by atoms with Gasteiger partial charge in [-0.2, -0.15) is 0 Å². The van der Waals surface area contributed by atoms with Crippen LogP contribution in [0.1, 0.15) is 53.9 Å². The van der Waals surface area contributed by atoms with Crippen LogP contribution in [0.15, 0.2) is 67.1 Å². The van der Waals surface area contributed by atoms with E-state index in [1.807, 2.05) is 44.2 Å². The van der Waals surface area contributed by atoms with Gasteiger partial charge in [0.05, 0.1) is 38.3 Å². The molecule has 4 amide bonds. The van der Waals surface area contributed by atoms with Crippen molar-refractivity contribution >= 4 is 51.8 Å². The highest BCUT2D eigenvalue weighted by molar-refractivity contribution is 7.72. The van der Waals surface area contributed by atoms with E-state index in [0.29, 0.717) is 24.8 Å². The Labute approximate surface area is 334 Å². The molecule has 3 aromatic rings. The van der Waals surface area contributed by atoms with Crippen LogP contribution in [0.25, 0.3) is 0 Å². The van der Waals surface area contributed by atoms with Gasteiger partial charge >= 0.3 is 28.4 Å². The van der Waals surface area contributed by atoms with Gasteiger partial charge in [0.25, 0.3) is 11.0 Å². The average Bonchev–Trinajstić information content (AvgIpc) is 3.41. The normalized spacial score (nSPS) is 16.1. The van der Waals surface area contributed by atoms with E-state index in [2.05, 4.69) is 30.4 Å². The maximum atomic E-state index is 13.9. The predicted octanol–water partition coefficient (Wildman–Crippen LogP) is 1.86. The predicted molar refractivity (Wildman–Crippen MR) is 208 cm³/mol. The summed E-state index contributed by atoms with van der Waals surface area (Å²) in [6.45, 7) is 3.36. The summed E-state index contributed by atoms with van der Waals surface area (Å²) in [5, 5.41) is 14.5. The summed E-state index contributed by atoms with van der Waals surface area (Å²) < 4.78 is 45.5. The largest absolute Gasteiger partial charge is 0.481 e. The van der Waals surface area contributed by atoms with E-state index in [1.54, 1.807) is 18.2 Å². The first-order valence-corrected chi connectivity index (χ1v) is 21.1. The Bertz CT molecular complexity index is 2000. The number of fused-ring (bicyclic) bond motifs is 1. The zero-order valence-electron chi connectivity index (χ0n) is 32.2. The first-order chi connectivity index (χ1) is 27.3. The van der Waals surface area contributed by atoms with E-state index in [4.69, 9.17) is 14.0 Å². The lowest BCUT2D eigenvalue weighted by molar-refractivity contribution is -0.124. The number of amides is 4. The summed E-state index contributed by atoms with van der Waals surface area (Å²) in [7, 11) is -9.88. The van der Waals surface area contributed by atoms with Crippen LogP contribution in [0.2, 0.25) is 0 Å². The molecule has 4 rings (SSSR count). The summed E-state index contributed by atoms with van der Waals surface area (Å²) in [5.41, 5.74) is 2.75. The number of benzene rings is 2. The van der Waals surface area contributed by atoms with Gasteiger partial charge in [-0.3, -0.25) is 33.4 Å². The number of hydrogen-bond acceptors (Lipinski definition) is 13. The third-order valence-electron chi connectivity index (χ3n) is 8.95. The minimum atomic E-state index is -5.73. The van der Waals surface area contributed by atoms with Crippen LogP contribution in [-0.2, 0) is 56.9 Å². The number of carbonyl (C=O) groups is 4. The van der Waals surface area contributed by atoms with Gasteiger partial charge in [0.2, 0.25) is 11.8 Å². The van der Waals surface area contributed by atoms with E-state index < -0.39 is 76.2 Å². The smallest absolute Gasteiger partial charge is 0.447 e. The summed E-state index contributed by atoms with van der Waals surface area (Å²) in [4.78, 5) is 89.8. The number of anilines is 1. The number of carbonyl (C=O) groups excluding carboxylic acids is 4. The molecule has 20 nitrogen and oxygen atoms in total. The molecule has 0 saturated carbocycles. The maximum Gasteiger partial charge on any atom is 0.481 e. The summed E-state index contributed by atoms with van der Waals surface area (Å²) in [5.74, 6) is -2.74. The van der Waals surface area contributed by atoms with E-state index in [9.17, 15) is 48.1 Å². The Kier molecular flexibility index (Phi) is 16.2. The molecule has 2 heterocycles. The molecule has 1 aliphatic heterocycles. The lowest BCUT2D eigenvalue weighted by Crippen LogP contribution is -2.56. The number of aliphatic hydroxyl groups is 1. The molecule has 4 atom stereocenters. The fourth-order valence-corrected chi connectivity index (χ4v) is 8.33. The second-order valence-corrected chi connectivity index (χ2v) is 18.0. The van der Waals surface area contributed by atoms with Gasteiger partial charge in [0, 0.05) is 38.7 Å². The molecule has 0 spiro atoms. The molecule has 23 heteroatoms. The monoisotopic (exact) mass is 848 g/mol. The van der Waals surface area contributed by atoms with Gasteiger partial charge in [-0.1, -0.05) is 50.2 Å². The first kappa shape index (κ1) is 46.1. The van der Waals surface area contributed by atoms with Gasteiger partial charge in [-0.05, 0) is 41.2 Å². The number of ether oxygens (including phenoxy) is 1. The highest BCUT2D eigenvalue weighted by Gasteiger charge is 2.61. The lowest BCUT2D eigenvalue weighted by atomic mass is 9.73. The third-order valence-corrected chi connectivity index (χ3v) is 13.1. The molecule has 0 fully saturated rings. The Morgan fingerprint density at radius 1 is 1.00 bits per heavy atom. The van der Waals surface area contributed by atoms with Crippen LogP contribution in [0.3, 0.4) is 0 Å². The van der Waals surface area contributed by atoms with Crippen molar-refractivity contribution in [3.63, 3.8) is 0 Å². The SMILES string of the molecule is COP(=O)(O)C(O)(CC(=O)NCCOC(=O)N(C)c1ccc2c(c1)COB([C@H](CC(C)C)NC(=O)[C@H](Cc1ccccc1)NC(=O)c1cnccn1)OC2)P(=O)(O)O. The quantitative estimate of drug-likeness (QED) is 0.0546. The van der Waals surface area contributed by atoms with Gasteiger partial charge < -0.3 is 54.3 Å². The fraction of sp³-hybridized carbons (Fsp3) is 0.429. The van der Waals surface area contributed by atoms with E-state index in [0.717, 1.165) is 11.1 Å². The second kappa shape index (κ2) is 20.4. The molecule has 0 saturated heterocycles. The van der Waals surface area contributed by atoms with Crippen molar-refractivity contribution in [1.29, 1.82) is 0 Å². The van der Waals surface area contributed by atoms with Crippen molar-refractivity contribution in [3.8, 4) is 0 Å². The minimum absolute atomic E-state index is 0.0505. The van der Waals surface area contributed by atoms with Crippen molar-refractivity contribution in [3.05, 3.63) is 89.5 Å². The number of rotatable bonds is 18. The molecule has 58 heavy (non-hydrogen) atoms.